The molecule has 1 heterocycles. The maximum atomic E-state index is 11.8. The molecule has 0 aliphatic carbocycles. The zero-order chi connectivity index (χ0) is 27.6. The van der Waals surface area contributed by atoms with E-state index in [0.717, 1.165) is 11.1 Å². The van der Waals surface area contributed by atoms with E-state index >= 15 is 0 Å². The number of hydrogen-bond acceptors (Lipinski definition) is 7. The van der Waals surface area contributed by atoms with Crippen molar-refractivity contribution >= 4 is 12.0 Å². The fourth-order valence-electron chi connectivity index (χ4n) is 3.89. The van der Waals surface area contributed by atoms with Gasteiger partial charge in [-0.05, 0) is 62.2 Å². The number of carboxylic acids is 1. The van der Waals surface area contributed by atoms with Crippen LogP contribution in [0.1, 0.15) is 29.9 Å². The van der Waals surface area contributed by atoms with Gasteiger partial charge in [-0.2, -0.15) is 0 Å². The quantitative estimate of drug-likeness (QED) is 0.208. The average molecular weight is 530 g/mol. The molecule has 0 bridgehead atoms. The van der Waals surface area contributed by atoms with E-state index in [2.05, 4.69) is 4.98 Å². The minimum atomic E-state index is -1.04. The highest BCUT2D eigenvalue weighted by atomic mass is 16.5. The number of carboxylic acid groups (broad SMARTS) is 1. The van der Waals surface area contributed by atoms with E-state index in [-0.39, 0.29) is 13.0 Å². The zero-order valence-electron chi connectivity index (χ0n) is 22.1. The van der Waals surface area contributed by atoms with Gasteiger partial charge in [0.15, 0.2) is 17.6 Å². The monoisotopic (exact) mass is 529 g/mol. The highest BCUT2D eigenvalue weighted by Crippen LogP contribution is 2.29. The van der Waals surface area contributed by atoms with Crippen LogP contribution in [0.2, 0.25) is 0 Å². The highest BCUT2D eigenvalue weighted by molar-refractivity contribution is 5.73. The zero-order valence-corrected chi connectivity index (χ0v) is 22.1. The Balaban J connectivity index is 1.42. The fraction of sp³-hybridized carbons (Fsp3) is 0.226. The summed E-state index contributed by atoms with van der Waals surface area (Å²) < 4.78 is 28.3. The van der Waals surface area contributed by atoms with Gasteiger partial charge < -0.3 is 28.5 Å². The summed E-state index contributed by atoms with van der Waals surface area (Å²) in [4.78, 5) is 16.4. The summed E-state index contributed by atoms with van der Waals surface area (Å²) in [6.07, 6.45) is 3.47. The van der Waals surface area contributed by atoms with Crippen molar-refractivity contribution in [1.29, 1.82) is 0 Å². The molecule has 0 saturated carbocycles. The maximum absolute atomic E-state index is 11.8. The Morgan fingerprint density at radius 3 is 2.44 bits per heavy atom. The molecule has 0 saturated heterocycles. The molecule has 39 heavy (non-hydrogen) atoms. The third-order valence-corrected chi connectivity index (χ3v) is 6.00. The molecule has 0 spiro atoms. The van der Waals surface area contributed by atoms with Crippen molar-refractivity contribution in [2.24, 2.45) is 0 Å². The second kappa shape index (κ2) is 13.2. The Labute approximate surface area is 227 Å². The lowest BCUT2D eigenvalue weighted by Crippen LogP contribution is -2.26. The van der Waals surface area contributed by atoms with Crippen LogP contribution in [0.3, 0.4) is 0 Å². The third kappa shape index (κ3) is 7.19. The van der Waals surface area contributed by atoms with Crippen LogP contribution in [0.5, 0.6) is 23.0 Å². The van der Waals surface area contributed by atoms with Gasteiger partial charge in [-0.1, -0.05) is 42.5 Å². The van der Waals surface area contributed by atoms with E-state index in [1.54, 1.807) is 31.4 Å². The number of allylic oxidation sites excluding steroid dienone is 1. The first kappa shape index (κ1) is 27.3. The number of rotatable bonds is 13. The van der Waals surface area contributed by atoms with Crippen LogP contribution in [-0.4, -0.2) is 36.4 Å². The summed E-state index contributed by atoms with van der Waals surface area (Å²) in [6.45, 7) is 2.09. The van der Waals surface area contributed by atoms with Gasteiger partial charge in [0.1, 0.15) is 29.6 Å². The summed E-state index contributed by atoms with van der Waals surface area (Å²) >= 11 is 0. The molecule has 8 heteroatoms. The van der Waals surface area contributed by atoms with E-state index in [1.165, 1.54) is 7.11 Å². The molecule has 8 nitrogen and oxygen atoms in total. The molecule has 4 aromatic rings. The lowest BCUT2D eigenvalue weighted by atomic mass is 10.1. The van der Waals surface area contributed by atoms with Gasteiger partial charge >= 0.3 is 5.97 Å². The number of carbonyl (C=O) groups is 1. The van der Waals surface area contributed by atoms with E-state index in [1.807, 2.05) is 67.6 Å². The summed E-state index contributed by atoms with van der Waals surface area (Å²) in [6, 6.07) is 22.2. The second-order valence-corrected chi connectivity index (χ2v) is 8.66. The van der Waals surface area contributed by atoms with Crippen LogP contribution >= 0.6 is 0 Å². The predicted octanol–water partition coefficient (Wildman–Crippen LogP) is 6.57. The third-order valence-electron chi connectivity index (χ3n) is 6.00. The van der Waals surface area contributed by atoms with Crippen LogP contribution in [0.15, 0.2) is 83.3 Å². The summed E-state index contributed by atoms with van der Waals surface area (Å²) in [7, 11) is 3.11. The number of para-hydroxylation sites is 2. The number of ether oxygens (including phenoxy) is 4. The number of methoxy groups -OCH3 is 2. The number of aromatic nitrogens is 1. The van der Waals surface area contributed by atoms with Crippen molar-refractivity contribution in [3.63, 3.8) is 0 Å². The van der Waals surface area contributed by atoms with Crippen molar-refractivity contribution in [2.75, 3.05) is 14.2 Å². The Morgan fingerprint density at radius 1 is 0.974 bits per heavy atom. The SMILES string of the molecule is COc1ccc(OCc2nc(-c3ccccc3)oc2C)c(C=CCCC(Oc2ccccc2OC)C(=O)O)c1. The summed E-state index contributed by atoms with van der Waals surface area (Å²) in [5.41, 5.74) is 2.39. The Morgan fingerprint density at radius 2 is 1.72 bits per heavy atom. The number of nitrogens with zero attached hydrogens (tertiary/aromatic N) is 1. The molecular formula is C31H31NO7. The Bertz CT molecular complexity index is 1410. The molecule has 1 unspecified atom stereocenters. The van der Waals surface area contributed by atoms with Gasteiger partial charge in [-0.15, -0.1) is 0 Å². The Hall–Kier alpha value is -4.72. The van der Waals surface area contributed by atoms with Gasteiger partial charge in [-0.3, -0.25) is 0 Å². The Kier molecular flexibility index (Phi) is 9.24. The van der Waals surface area contributed by atoms with Crippen molar-refractivity contribution in [2.45, 2.75) is 32.5 Å². The number of oxazole rings is 1. The molecule has 0 fully saturated rings. The van der Waals surface area contributed by atoms with Crippen LogP contribution < -0.4 is 18.9 Å². The fourth-order valence-corrected chi connectivity index (χ4v) is 3.89. The van der Waals surface area contributed by atoms with Gasteiger partial charge in [-0.25, -0.2) is 9.78 Å². The lowest BCUT2D eigenvalue weighted by Gasteiger charge is -2.16. The van der Waals surface area contributed by atoms with E-state index in [9.17, 15) is 9.90 Å². The molecule has 1 aromatic heterocycles. The van der Waals surface area contributed by atoms with Crippen molar-refractivity contribution in [1.82, 2.24) is 4.98 Å². The predicted molar refractivity (Wildman–Crippen MR) is 147 cm³/mol. The van der Waals surface area contributed by atoms with Crippen LogP contribution in [0.25, 0.3) is 17.5 Å². The van der Waals surface area contributed by atoms with Crippen molar-refractivity contribution in [3.8, 4) is 34.5 Å². The van der Waals surface area contributed by atoms with E-state index in [0.29, 0.717) is 46.8 Å². The lowest BCUT2D eigenvalue weighted by molar-refractivity contribution is -0.145. The molecule has 1 N–H and O–H groups in total. The number of aryl methyl sites for hydroxylation is 1. The van der Waals surface area contributed by atoms with E-state index in [4.69, 9.17) is 23.4 Å². The summed E-state index contributed by atoms with van der Waals surface area (Å²) in [5, 5.41) is 9.66. The smallest absolute Gasteiger partial charge is 0.344 e. The first-order valence-electron chi connectivity index (χ1n) is 12.5. The maximum Gasteiger partial charge on any atom is 0.344 e. The average Bonchev–Trinajstić information content (AvgIpc) is 3.34. The summed E-state index contributed by atoms with van der Waals surface area (Å²) in [5.74, 6) is 2.37. The van der Waals surface area contributed by atoms with Gasteiger partial charge in [0, 0.05) is 11.1 Å². The molecule has 0 aliphatic rings. The van der Waals surface area contributed by atoms with Crippen molar-refractivity contribution in [3.05, 3.63) is 95.9 Å². The molecule has 3 aromatic carbocycles. The molecule has 0 aliphatic heterocycles. The van der Waals surface area contributed by atoms with Crippen LogP contribution in [0.4, 0.5) is 0 Å². The standard InChI is InChI=1S/C31H31NO7/c1-21-25(32-30(38-21)22-11-5-4-6-12-22)20-37-26-18-17-24(35-2)19-23(26)13-7-8-16-29(31(33)34)39-28-15-10-9-14-27(28)36-3/h4-7,9-15,17-19,29H,8,16,20H2,1-3H3,(H,33,34). The van der Waals surface area contributed by atoms with Gasteiger partial charge in [0.2, 0.25) is 5.89 Å². The largest absolute Gasteiger partial charge is 0.497 e. The first-order chi connectivity index (χ1) is 19.0. The molecule has 4 rings (SSSR count). The molecule has 0 amide bonds. The molecular weight excluding hydrogens is 498 g/mol. The van der Waals surface area contributed by atoms with E-state index < -0.39 is 12.1 Å². The minimum Gasteiger partial charge on any atom is -0.497 e. The highest BCUT2D eigenvalue weighted by Gasteiger charge is 2.20. The normalized spacial score (nSPS) is 11.8. The van der Waals surface area contributed by atoms with Crippen LogP contribution in [-0.2, 0) is 11.4 Å². The van der Waals surface area contributed by atoms with Crippen molar-refractivity contribution < 1.29 is 33.3 Å². The van der Waals surface area contributed by atoms with Crippen LogP contribution in [0, 0.1) is 6.92 Å². The second-order valence-electron chi connectivity index (χ2n) is 8.66. The number of hydrogen-bond donors (Lipinski definition) is 1. The molecule has 1 atom stereocenters. The van der Waals surface area contributed by atoms with Gasteiger partial charge in [0.25, 0.3) is 0 Å². The number of aliphatic carboxylic acids is 1. The van der Waals surface area contributed by atoms with Gasteiger partial charge in [0.05, 0.1) is 14.2 Å². The minimum absolute atomic E-state index is 0.225. The molecule has 202 valence electrons. The first-order valence-corrected chi connectivity index (χ1v) is 12.5. The topological polar surface area (TPSA) is 100 Å². The molecule has 0 radical (unpaired) electrons. The number of benzene rings is 3.